The second kappa shape index (κ2) is 2.92. The molecule has 0 saturated carbocycles. The average molecular weight is 157 g/mol. The van der Waals surface area contributed by atoms with Gasteiger partial charge in [0.05, 0.1) is 5.69 Å². The lowest BCUT2D eigenvalue weighted by molar-refractivity contribution is 0.631. The highest BCUT2D eigenvalue weighted by molar-refractivity contribution is 7.79. The second-order valence-electron chi connectivity index (χ2n) is 2.01. The highest BCUT2D eigenvalue weighted by Gasteiger charge is 1.96. The van der Waals surface area contributed by atoms with E-state index in [-0.39, 0.29) is 11.5 Å². The SMILES string of the molecule is Nc1ccc(CS)cc1F. The quantitative estimate of drug-likeness (QED) is 0.472. The maximum absolute atomic E-state index is 12.6. The Bertz CT molecular complexity index is 237. The molecule has 54 valence electrons. The summed E-state index contributed by atoms with van der Waals surface area (Å²) in [6.45, 7) is 0. The molecule has 10 heavy (non-hydrogen) atoms. The molecule has 2 N–H and O–H groups in total. The Balaban J connectivity index is 3.04. The van der Waals surface area contributed by atoms with Crippen LogP contribution in [0.2, 0.25) is 0 Å². The number of halogens is 1. The fourth-order valence-corrected chi connectivity index (χ4v) is 0.866. The lowest BCUT2D eigenvalue weighted by Crippen LogP contribution is -1.90. The monoisotopic (exact) mass is 157 g/mol. The van der Waals surface area contributed by atoms with Crippen molar-refractivity contribution in [2.45, 2.75) is 5.75 Å². The summed E-state index contributed by atoms with van der Waals surface area (Å²) < 4.78 is 12.6. The Morgan fingerprint density at radius 3 is 2.70 bits per heavy atom. The molecule has 0 aliphatic rings. The zero-order chi connectivity index (χ0) is 7.56. The van der Waals surface area contributed by atoms with Gasteiger partial charge in [-0.05, 0) is 17.7 Å². The van der Waals surface area contributed by atoms with E-state index >= 15 is 0 Å². The Labute approximate surface area is 64.5 Å². The number of thiol groups is 1. The second-order valence-corrected chi connectivity index (χ2v) is 2.33. The van der Waals surface area contributed by atoms with Gasteiger partial charge in [-0.3, -0.25) is 0 Å². The molecule has 0 heterocycles. The fraction of sp³-hybridized carbons (Fsp3) is 0.143. The first-order valence-electron chi connectivity index (χ1n) is 2.89. The normalized spacial score (nSPS) is 9.80. The van der Waals surface area contributed by atoms with Crippen LogP contribution in [0.1, 0.15) is 5.56 Å². The molecule has 0 spiro atoms. The van der Waals surface area contributed by atoms with Gasteiger partial charge < -0.3 is 5.73 Å². The predicted octanol–water partition coefficient (Wildman–Crippen LogP) is 1.84. The molecule has 0 bridgehead atoms. The smallest absolute Gasteiger partial charge is 0.146 e. The molecule has 0 aliphatic carbocycles. The van der Waals surface area contributed by atoms with Gasteiger partial charge in [-0.1, -0.05) is 6.07 Å². The van der Waals surface area contributed by atoms with Crippen molar-refractivity contribution in [1.29, 1.82) is 0 Å². The Kier molecular flexibility index (Phi) is 2.17. The number of benzene rings is 1. The van der Waals surface area contributed by atoms with E-state index in [0.717, 1.165) is 5.56 Å². The molecule has 0 saturated heterocycles. The summed E-state index contributed by atoms with van der Waals surface area (Å²) in [5.41, 5.74) is 6.27. The predicted molar refractivity (Wildman–Crippen MR) is 43.5 cm³/mol. The first-order valence-corrected chi connectivity index (χ1v) is 3.52. The molecule has 0 radical (unpaired) electrons. The maximum Gasteiger partial charge on any atom is 0.146 e. The third kappa shape index (κ3) is 1.42. The van der Waals surface area contributed by atoms with Crippen molar-refractivity contribution in [2.75, 3.05) is 5.73 Å². The number of rotatable bonds is 1. The van der Waals surface area contributed by atoms with Crippen LogP contribution in [0.5, 0.6) is 0 Å². The van der Waals surface area contributed by atoms with E-state index in [1.807, 2.05) is 0 Å². The summed E-state index contributed by atoms with van der Waals surface area (Å²) in [7, 11) is 0. The van der Waals surface area contributed by atoms with Crippen molar-refractivity contribution < 1.29 is 4.39 Å². The minimum atomic E-state index is -0.369. The number of anilines is 1. The van der Waals surface area contributed by atoms with E-state index < -0.39 is 0 Å². The molecular weight excluding hydrogens is 149 g/mol. The first-order chi connectivity index (χ1) is 4.74. The number of nitrogens with two attached hydrogens (primary N) is 1. The minimum Gasteiger partial charge on any atom is -0.396 e. The van der Waals surface area contributed by atoms with Crippen molar-refractivity contribution in [3.8, 4) is 0 Å². The molecule has 0 amide bonds. The molecule has 0 atom stereocenters. The van der Waals surface area contributed by atoms with Crippen LogP contribution in [0, 0.1) is 5.82 Å². The van der Waals surface area contributed by atoms with Crippen LogP contribution in [-0.4, -0.2) is 0 Å². The molecule has 0 fully saturated rings. The van der Waals surface area contributed by atoms with Gasteiger partial charge in [-0.2, -0.15) is 12.6 Å². The number of hydrogen-bond donors (Lipinski definition) is 2. The highest BCUT2D eigenvalue weighted by Crippen LogP contribution is 2.12. The van der Waals surface area contributed by atoms with E-state index in [2.05, 4.69) is 12.6 Å². The summed E-state index contributed by atoms with van der Waals surface area (Å²) in [5, 5.41) is 0. The van der Waals surface area contributed by atoms with Crippen molar-refractivity contribution in [3.05, 3.63) is 29.6 Å². The third-order valence-corrected chi connectivity index (χ3v) is 1.61. The Hall–Kier alpha value is -0.700. The molecule has 0 aromatic heterocycles. The van der Waals surface area contributed by atoms with Crippen LogP contribution in [0.15, 0.2) is 18.2 Å². The van der Waals surface area contributed by atoms with Gasteiger partial charge in [-0.25, -0.2) is 4.39 Å². The van der Waals surface area contributed by atoms with E-state index in [9.17, 15) is 4.39 Å². The first kappa shape index (κ1) is 7.41. The van der Waals surface area contributed by atoms with Crippen LogP contribution in [0.4, 0.5) is 10.1 Å². The maximum atomic E-state index is 12.6. The van der Waals surface area contributed by atoms with Crippen molar-refractivity contribution in [2.24, 2.45) is 0 Å². The topological polar surface area (TPSA) is 26.0 Å². The molecule has 0 unspecified atom stereocenters. The van der Waals surface area contributed by atoms with Gasteiger partial charge in [0.25, 0.3) is 0 Å². The van der Waals surface area contributed by atoms with E-state index in [0.29, 0.717) is 5.75 Å². The van der Waals surface area contributed by atoms with Crippen LogP contribution in [0.3, 0.4) is 0 Å². The van der Waals surface area contributed by atoms with E-state index in [1.54, 1.807) is 12.1 Å². The van der Waals surface area contributed by atoms with Crippen LogP contribution in [-0.2, 0) is 5.75 Å². The largest absolute Gasteiger partial charge is 0.396 e. The minimum absolute atomic E-state index is 0.186. The van der Waals surface area contributed by atoms with Gasteiger partial charge in [-0.15, -0.1) is 0 Å². The van der Waals surface area contributed by atoms with Crippen molar-refractivity contribution >= 4 is 18.3 Å². The number of nitrogen functional groups attached to an aromatic ring is 1. The van der Waals surface area contributed by atoms with E-state index in [4.69, 9.17) is 5.73 Å². The lowest BCUT2D eigenvalue weighted by atomic mass is 10.2. The van der Waals surface area contributed by atoms with Gasteiger partial charge in [0.2, 0.25) is 0 Å². The number of hydrogen-bond acceptors (Lipinski definition) is 2. The summed E-state index contributed by atoms with van der Waals surface area (Å²) >= 11 is 3.98. The summed E-state index contributed by atoms with van der Waals surface area (Å²) in [4.78, 5) is 0. The van der Waals surface area contributed by atoms with Crippen LogP contribution in [0.25, 0.3) is 0 Å². The summed E-state index contributed by atoms with van der Waals surface area (Å²) in [6.07, 6.45) is 0. The molecule has 3 heteroatoms. The van der Waals surface area contributed by atoms with Gasteiger partial charge >= 0.3 is 0 Å². The molecule has 1 aromatic rings. The van der Waals surface area contributed by atoms with Crippen molar-refractivity contribution in [3.63, 3.8) is 0 Å². The third-order valence-electron chi connectivity index (χ3n) is 1.25. The zero-order valence-electron chi connectivity index (χ0n) is 5.34. The Morgan fingerprint density at radius 2 is 2.20 bits per heavy atom. The molecule has 1 aromatic carbocycles. The fourth-order valence-electron chi connectivity index (χ4n) is 0.669. The van der Waals surface area contributed by atoms with E-state index in [1.165, 1.54) is 6.07 Å². The Morgan fingerprint density at radius 1 is 1.50 bits per heavy atom. The standard InChI is InChI=1S/C7H8FNS/c8-6-3-5(4-10)1-2-7(6)9/h1-3,10H,4,9H2. The molecule has 1 nitrogen and oxygen atoms in total. The van der Waals surface area contributed by atoms with Gasteiger partial charge in [0.15, 0.2) is 0 Å². The zero-order valence-corrected chi connectivity index (χ0v) is 6.24. The molecular formula is C7H8FNS. The summed E-state index contributed by atoms with van der Waals surface area (Å²) in [6, 6.07) is 4.69. The lowest BCUT2D eigenvalue weighted by Gasteiger charge is -1.97. The van der Waals surface area contributed by atoms with Gasteiger partial charge in [0, 0.05) is 5.75 Å². The summed E-state index contributed by atoms with van der Waals surface area (Å²) in [5.74, 6) is 0.170. The molecule has 1 rings (SSSR count). The van der Waals surface area contributed by atoms with Crippen LogP contribution >= 0.6 is 12.6 Å². The highest BCUT2D eigenvalue weighted by atomic mass is 32.1. The van der Waals surface area contributed by atoms with Gasteiger partial charge in [0.1, 0.15) is 5.82 Å². The van der Waals surface area contributed by atoms with Crippen LogP contribution < -0.4 is 5.73 Å². The average Bonchev–Trinajstić information content (AvgIpc) is 1.95. The van der Waals surface area contributed by atoms with Crippen molar-refractivity contribution in [1.82, 2.24) is 0 Å². The molecule has 0 aliphatic heterocycles.